The fourth-order valence-corrected chi connectivity index (χ4v) is 3.03. The molecule has 3 aromatic rings. The molecule has 1 amide bonds. The van der Waals surface area contributed by atoms with Crippen molar-refractivity contribution in [3.8, 4) is 17.1 Å². The van der Waals surface area contributed by atoms with Crippen LogP contribution in [0.2, 0.25) is 0 Å². The van der Waals surface area contributed by atoms with Gasteiger partial charge in [-0.3, -0.25) is 14.3 Å². The van der Waals surface area contributed by atoms with Gasteiger partial charge in [0, 0.05) is 30.2 Å². The van der Waals surface area contributed by atoms with Gasteiger partial charge in [-0.1, -0.05) is 11.8 Å². The fraction of sp³-hybridized carbons (Fsp3) is 0.176. The molecule has 3 rings (SSSR count). The number of halogens is 1. The first-order valence-electron chi connectivity index (χ1n) is 7.70. The van der Waals surface area contributed by atoms with Gasteiger partial charge in [-0.15, -0.1) is 10.2 Å². The molecular formula is C17H16FN5OS. The molecule has 0 atom stereocenters. The zero-order chi connectivity index (χ0) is 17.6. The van der Waals surface area contributed by atoms with Crippen LogP contribution in [0, 0.1) is 5.82 Å². The predicted octanol–water partition coefficient (Wildman–Crippen LogP) is 2.70. The number of benzene rings is 1. The number of carbonyl (C=O) groups excluding carboxylic acids is 1. The standard InChI is InChI=1S/C17H16FN5OS/c1-2-20-15(24)11-25-17-22-21-16(12-7-9-19-10-8-12)23(17)14-5-3-13(18)4-6-14/h3-10H,2,11H2,1H3,(H,20,24). The maximum Gasteiger partial charge on any atom is 0.230 e. The number of nitrogens with one attached hydrogen (secondary N) is 1. The lowest BCUT2D eigenvalue weighted by Gasteiger charge is -2.10. The van der Waals surface area contributed by atoms with Crippen LogP contribution < -0.4 is 5.32 Å². The van der Waals surface area contributed by atoms with E-state index in [-0.39, 0.29) is 17.5 Å². The van der Waals surface area contributed by atoms with E-state index in [9.17, 15) is 9.18 Å². The second-order valence-corrected chi connectivity index (χ2v) is 6.04. The van der Waals surface area contributed by atoms with Crippen LogP contribution in [0.3, 0.4) is 0 Å². The zero-order valence-electron chi connectivity index (χ0n) is 13.5. The average molecular weight is 357 g/mol. The molecular weight excluding hydrogens is 341 g/mol. The van der Waals surface area contributed by atoms with Gasteiger partial charge in [-0.05, 0) is 43.3 Å². The second-order valence-electron chi connectivity index (χ2n) is 5.10. The normalized spacial score (nSPS) is 10.6. The van der Waals surface area contributed by atoms with Crippen molar-refractivity contribution in [1.82, 2.24) is 25.1 Å². The Bertz CT molecular complexity index is 851. The summed E-state index contributed by atoms with van der Waals surface area (Å²) in [6.45, 7) is 2.44. The van der Waals surface area contributed by atoms with Gasteiger partial charge in [-0.2, -0.15) is 0 Å². The quantitative estimate of drug-likeness (QED) is 0.687. The third-order valence-electron chi connectivity index (χ3n) is 3.36. The molecule has 0 fully saturated rings. The van der Waals surface area contributed by atoms with Crippen molar-refractivity contribution < 1.29 is 9.18 Å². The summed E-state index contributed by atoms with van der Waals surface area (Å²) in [4.78, 5) is 15.7. The first-order chi connectivity index (χ1) is 12.2. The number of amides is 1. The van der Waals surface area contributed by atoms with Gasteiger partial charge in [0.2, 0.25) is 5.91 Å². The summed E-state index contributed by atoms with van der Waals surface area (Å²) < 4.78 is 15.1. The first-order valence-corrected chi connectivity index (χ1v) is 8.69. The zero-order valence-corrected chi connectivity index (χ0v) is 14.3. The van der Waals surface area contributed by atoms with E-state index in [0.29, 0.717) is 17.5 Å². The van der Waals surface area contributed by atoms with Crippen LogP contribution in [-0.2, 0) is 4.79 Å². The van der Waals surface area contributed by atoms with Gasteiger partial charge < -0.3 is 5.32 Å². The molecule has 0 aliphatic rings. The third kappa shape index (κ3) is 4.03. The summed E-state index contributed by atoms with van der Waals surface area (Å²) in [5.41, 5.74) is 1.55. The lowest BCUT2D eigenvalue weighted by Crippen LogP contribution is -2.24. The van der Waals surface area contributed by atoms with E-state index in [0.717, 1.165) is 11.3 Å². The molecule has 0 aliphatic heterocycles. The van der Waals surface area contributed by atoms with Crippen LogP contribution in [0.4, 0.5) is 4.39 Å². The van der Waals surface area contributed by atoms with Gasteiger partial charge in [0.05, 0.1) is 5.75 Å². The monoisotopic (exact) mass is 357 g/mol. The number of nitrogens with zero attached hydrogens (tertiary/aromatic N) is 4. The summed E-state index contributed by atoms with van der Waals surface area (Å²) in [5, 5.41) is 11.8. The Labute approximate surface area is 148 Å². The summed E-state index contributed by atoms with van der Waals surface area (Å²) in [7, 11) is 0. The van der Waals surface area contributed by atoms with Crippen LogP contribution in [-0.4, -0.2) is 38.0 Å². The maximum atomic E-state index is 13.3. The van der Waals surface area contributed by atoms with E-state index >= 15 is 0 Å². The Morgan fingerprint density at radius 1 is 1.16 bits per heavy atom. The molecule has 128 valence electrons. The predicted molar refractivity (Wildman–Crippen MR) is 94.0 cm³/mol. The van der Waals surface area contributed by atoms with Crippen LogP contribution in [0.1, 0.15) is 6.92 Å². The molecule has 8 heteroatoms. The summed E-state index contributed by atoms with van der Waals surface area (Å²) in [5.74, 6) is 0.432. The molecule has 6 nitrogen and oxygen atoms in total. The van der Waals surface area contributed by atoms with E-state index in [1.54, 1.807) is 29.1 Å². The second kappa shape index (κ2) is 7.89. The highest BCUT2D eigenvalue weighted by Gasteiger charge is 2.17. The largest absolute Gasteiger partial charge is 0.356 e. The van der Waals surface area contributed by atoms with E-state index < -0.39 is 0 Å². The van der Waals surface area contributed by atoms with Gasteiger partial charge >= 0.3 is 0 Å². The minimum Gasteiger partial charge on any atom is -0.356 e. The van der Waals surface area contributed by atoms with E-state index in [2.05, 4.69) is 20.5 Å². The smallest absolute Gasteiger partial charge is 0.230 e. The molecule has 2 aromatic heterocycles. The lowest BCUT2D eigenvalue weighted by molar-refractivity contribution is -0.118. The van der Waals surface area contributed by atoms with E-state index in [1.165, 1.54) is 23.9 Å². The topological polar surface area (TPSA) is 72.7 Å². The van der Waals surface area contributed by atoms with Gasteiger partial charge in [0.25, 0.3) is 0 Å². The molecule has 1 aromatic carbocycles. The number of pyridine rings is 1. The third-order valence-corrected chi connectivity index (χ3v) is 4.29. The molecule has 0 spiro atoms. The Morgan fingerprint density at radius 2 is 1.88 bits per heavy atom. The van der Waals surface area contributed by atoms with E-state index in [1.807, 2.05) is 19.1 Å². The number of thioether (sulfide) groups is 1. The van der Waals surface area contributed by atoms with Crippen molar-refractivity contribution >= 4 is 17.7 Å². The molecule has 0 saturated carbocycles. The Kier molecular flexibility index (Phi) is 5.39. The molecule has 1 N–H and O–H groups in total. The SMILES string of the molecule is CCNC(=O)CSc1nnc(-c2ccncc2)n1-c1ccc(F)cc1. The molecule has 0 aliphatic carbocycles. The van der Waals surface area contributed by atoms with Gasteiger partial charge in [0.15, 0.2) is 11.0 Å². The summed E-state index contributed by atoms with van der Waals surface area (Å²) >= 11 is 1.28. The number of rotatable bonds is 6. The van der Waals surface area contributed by atoms with Crippen molar-refractivity contribution in [1.29, 1.82) is 0 Å². The molecule has 0 unspecified atom stereocenters. The number of aromatic nitrogens is 4. The van der Waals surface area contributed by atoms with Crippen molar-refractivity contribution in [2.45, 2.75) is 12.1 Å². The molecule has 0 radical (unpaired) electrons. The Morgan fingerprint density at radius 3 is 2.56 bits per heavy atom. The molecule has 2 heterocycles. The van der Waals surface area contributed by atoms with E-state index in [4.69, 9.17) is 0 Å². The van der Waals surface area contributed by atoms with Crippen LogP contribution >= 0.6 is 11.8 Å². The maximum absolute atomic E-state index is 13.3. The van der Waals surface area contributed by atoms with Gasteiger partial charge in [0.1, 0.15) is 5.82 Å². The van der Waals surface area contributed by atoms with Gasteiger partial charge in [-0.25, -0.2) is 4.39 Å². The van der Waals surface area contributed by atoms with Crippen molar-refractivity contribution in [2.24, 2.45) is 0 Å². The van der Waals surface area contributed by atoms with Crippen LogP contribution in [0.15, 0.2) is 53.9 Å². The fourth-order valence-electron chi connectivity index (χ4n) is 2.25. The minimum absolute atomic E-state index is 0.0772. The first kappa shape index (κ1) is 17.1. The molecule has 25 heavy (non-hydrogen) atoms. The lowest BCUT2D eigenvalue weighted by atomic mass is 10.2. The van der Waals surface area contributed by atoms with Crippen molar-refractivity contribution in [2.75, 3.05) is 12.3 Å². The van der Waals surface area contributed by atoms with Crippen molar-refractivity contribution in [3.05, 3.63) is 54.6 Å². The average Bonchev–Trinajstić information content (AvgIpc) is 3.05. The van der Waals surface area contributed by atoms with Crippen LogP contribution in [0.25, 0.3) is 17.1 Å². The highest BCUT2D eigenvalue weighted by atomic mass is 32.2. The number of carbonyl (C=O) groups is 1. The molecule has 0 bridgehead atoms. The highest BCUT2D eigenvalue weighted by Crippen LogP contribution is 2.27. The Hall–Kier alpha value is -2.74. The Balaban J connectivity index is 1.99. The summed E-state index contributed by atoms with van der Waals surface area (Å²) in [6, 6.07) is 9.71. The number of hydrogen-bond donors (Lipinski definition) is 1. The highest BCUT2D eigenvalue weighted by molar-refractivity contribution is 7.99. The van der Waals surface area contributed by atoms with Crippen molar-refractivity contribution in [3.63, 3.8) is 0 Å². The number of hydrogen-bond acceptors (Lipinski definition) is 5. The minimum atomic E-state index is -0.321. The molecule has 0 saturated heterocycles. The summed E-state index contributed by atoms with van der Waals surface area (Å²) in [6.07, 6.45) is 3.33. The van der Waals surface area contributed by atoms with Crippen LogP contribution in [0.5, 0.6) is 0 Å².